The van der Waals surface area contributed by atoms with Gasteiger partial charge < -0.3 is 15.4 Å². The van der Waals surface area contributed by atoms with Crippen LogP contribution in [0.25, 0.3) is 0 Å². The first-order chi connectivity index (χ1) is 19.0. The zero-order valence-corrected chi connectivity index (χ0v) is 23.2. The number of rotatable bonds is 12. The Balaban J connectivity index is 1.23. The maximum absolute atomic E-state index is 14.3. The molecule has 3 aliphatic rings. The highest BCUT2D eigenvalue weighted by Gasteiger charge is 2.33. The number of benzene rings is 1. The van der Waals surface area contributed by atoms with Crippen molar-refractivity contribution in [2.75, 3.05) is 13.2 Å². The first kappa shape index (κ1) is 27.6. The van der Waals surface area contributed by atoms with Gasteiger partial charge >= 0.3 is 0 Å². The summed E-state index contributed by atoms with van der Waals surface area (Å²) < 4.78 is 20.0. The quantitative estimate of drug-likeness (QED) is 0.257. The third-order valence-corrected chi connectivity index (χ3v) is 8.49. The lowest BCUT2D eigenvalue weighted by Crippen LogP contribution is -2.48. The van der Waals surface area contributed by atoms with E-state index in [2.05, 4.69) is 46.5 Å². The van der Waals surface area contributed by atoms with Crippen LogP contribution in [0.2, 0.25) is 0 Å². The molecule has 0 saturated heterocycles. The van der Waals surface area contributed by atoms with Crippen molar-refractivity contribution < 1.29 is 13.9 Å². The largest absolute Gasteiger partial charge is 0.477 e. The number of aromatic nitrogens is 1. The fourth-order valence-corrected chi connectivity index (χ4v) is 5.57. The molecule has 0 aliphatic heterocycles. The van der Waals surface area contributed by atoms with Gasteiger partial charge in [0.05, 0.1) is 12.1 Å². The van der Waals surface area contributed by atoms with E-state index in [0.29, 0.717) is 24.9 Å². The molecular weight excluding hydrogens is 489 g/mol. The molecule has 3 aliphatic carbocycles. The Morgan fingerprint density at radius 1 is 1.18 bits per heavy atom. The molecule has 2 N–H and O–H groups in total. The van der Waals surface area contributed by atoms with Gasteiger partial charge in [-0.25, -0.2) is 0 Å². The molecule has 208 valence electrons. The van der Waals surface area contributed by atoms with Crippen LogP contribution in [0.15, 0.2) is 42.5 Å². The van der Waals surface area contributed by atoms with E-state index in [1.54, 1.807) is 6.07 Å². The molecule has 0 spiro atoms. The van der Waals surface area contributed by atoms with Crippen LogP contribution in [0.3, 0.4) is 0 Å². The molecule has 0 bridgehead atoms. The lowest BCUT2D eigenvalue weighted by atomic mass is 9.82. The molecule has 3 saturated carbocycles. The molecule has 3 atom stereocenters. The molecule has 1 heterocycles. The molecule has 5 nitrogen and oxygen atoms in total. The van der Waals surface area contributed by atoms with Gasteiger partial charge in [-0.1, -0.05) is 62.4 Å². The van der Waals surface area contributed by atoms with Crippen LogP contribution in [0, 0.1) is 35.5 Å². The van der Waals surface area contributed by atoms with E-state index in [1.807, 2.05) is 18.2 Å². The van der Waals surface area contributed by atoms with Crippen molar-refractivity contribution in [3.8, 4) is 17.7 Å². The van der Waals surface area contributed by atoms with Crippen molar-refractivity contribution in [1.29, 1.82) is 0 Å². The third-order valence-electron chi connectivity index (χ3n) is 8.49. The predicted molar refractivity (Wildman–Crippen MR) is 152 cm³/mol. The zero-order valence-electron chi connectivity index (χ0n) is 23.2. The minimum atomic E-state index is -0.702. The second-order valence-electron chi connectivity index (χ2n) is 12.0. The van der Waals surface area contributed by atoms with Crippen molar-refractivity contribution >= 4 is 5.91 Å². The summed E-state index contributed by atoms with van der Waals surface area (Å²) in [7, 11) is 0. The number of nitrogens with one attached hydrogen (secondary N) is 2. The van der Waals surface area contributed by atoms with Gasteiger partial charge in [0.1, 0.15) is 0 Å². The number of carbonyl (C=O) groups is 1. The second-order valence-corrected chi connectivity index (χ2v) is 12.0. The van der Waals surface area contributed by atoms with Crippen LogP contribution in [0.1, 0.15) is 87.1 Å². The summed E-state index contributed by atoms with van der Waals surface area (Å²) in [6.07, 6.45) is 12.1. The van der Waals surface area contributed by atoms with Gasteiger partial charge in [0.2, 0.25) is 11.8 Å². The van der Waals surface area contributed by atoms with Crippen LogP contribution in [0.4, 0.5) is 4.39 Å². The van der Waals surface area contributed by atoms with E-state index in [9.17, 15) is 9.18 Å². The number of halogens is 1. The van der Waals surface area contributed by atoms with E-state index in [1.165, 1.54) is 38.2 Å². The summed E-state index contributed by atoms with van der Waals surface area (Å²) in [5.41, 5.74) is 1.28. The first-order valence-corrected chi connectivity index (χ1v) is 14.9. The molecule has 1 amide bonds. The fraction of sp³-hybridized carbons (Fsp3) is 0.576. The minimum Gasteiger partial charge on any atom is -0.477 e. The molecule has 5 rings (SSSR count). The second kappa shape index (κ2) is 13.0. The van der Waals surface area contributed by atoms with E-state index < -0.39 is 5.95 Å². The van der Waals surface area contributed by atoms with Crippen molar-refractivity contribution in [2.45, 2.75) is 89.1 Å². The Hall–Kier alpha value is -2.91. The van der Waals surface area contributed by atoms with Crippen LogP contribution < -0.4 is 15.4 Å². The number of amides is 1. The first-order valence-electron chi connectivity index (χ1n) is 14.9. The zero-order chi connectivity index (χ0) is 27.1. The van der Waals surface area contributed by atoms with Crippen LogP contribution in [-0.4, -0.2) is 35.6 Å². The van der Waals surface area contributed by atoms with Gasteiger partial charge in [-0.05, 0) is 74.8 Å². The number of ether oxygens (including phenoxy) is 1. The summed E-state index contributed by atoms with van der Waals surface area (Å²) in [5, 5.41) is 6.97. The lowest BCUT2D eigenvalue weighted by molar-refractivity contribution is 0.0933. The Kier molecular flexibility index (Phi) is 9.19. The maximum Gasteiger partial charge on any atom is 0.251 e. The Labute approximate surface area is 232 Å². The molecule has 39 heavy (non-hydrogen) atoms. The molecule has 1 aromatic heterocycles. The van der Waals surface area contributed by atoms with Crippen molar-refractivity contribution in [1.82, 2.24) is 15.6 Å². The lowest BCUT2D eigenvalue weighted by Gasteiger charge is -2.34. The van der Waals surface area contributed by atoms with Gasteiger partial charge in [-0.15, -0.1) is 5.92 Å². The Morgan fingerprint density at radius 2 is 1.95 bits per heavy atom. The highest BCUT2D eigenvalue weighted by Crippen LogP contribution is 2.37. The van der Waals surface area contributed by atoms with Gasteiger partial charge in [-0.3, -0.25) is 4.79 Å². The van der Waals surface area contributed by atoms with Crippen molar-refractivity contribution in [3.05, 3.63) is 59.5 Å². The third kappa shape index (κ3) is 8.54. The van der Waals surface area contributed by atoms with Crippen LogP contribution >= 0.6 is 0 Å². The highest BCUT2D eigenvalue weighted by molar-refractivity contribution is 5.94. The molecule has 2 aromatic rings. The summed E-state index contributed by atoms with van der Waals surface area (Å²) in [6, 6.07) is 12.8. The topological polar surface area (TPSA) is 63.2 Å². The van der Waals surface area contributed by atoms with E-state index in [-0.39, 0.29) is 28.9 Å². The van der Waals surface area contributed by atoms with Gasteiger partial charge in [0.15, 0.2) is 0 Å². The van der Waals surface area contributed by atoms with E-state index in [0.717, 1.165) is 50.1 Å². The fourth-order valence-electron chi connectivity index (χ4n) is 5.57. The smallest absolute Gasteiger partial charge is 0.251 e. The average molecular weight is 532 g/mol. The number of hydrogen-bond acceptors (Lipinski definition) is 4. The standard InChI is InChI=1S/C33H42FN3O2/c1-24-19-28(24)23-39-31-22-27(21-30(34)37-31)32(38)36-29(20-26-9-4-2-5-10-26)14-18-35-33(15-6-3-7-16-33)17-8-11-25-12-13-25/h2,4-5,9-10,21-22,24-25,28-29,35H,3,6-7,11-16,18-20,23H2,1H3,(H,36,38)/t24-,28?,29+/m0/s1. The number of pyridine rings is 1. The van der Waals surface area contributed by atoms with Gasteiger partial charge in [0, 0.05) is 30.2 Å². The minimum absolute atomic E-state index is 0.111. The summed E-state index contributed by atoms with van der Waals surface area (Å²) in [4.78, 5) is 17.1. The molecule has 0 radical (unpaired) electrons. The summed E-state index contributed by atoms with van der Waals surface area (Å²) >= 11 is 0. The normalized spacial score (nSPS) is 22.3. The van der Waals surface area contributed by atoms with Gasteiger partial charge in [0.25, 0.3) is 5.91 Å². The molecule has 1 unspecified atom stereocenters. The van der Waals surface area contributed by atoms with E-state index in [4.69, 9.17) is 4.74 Å². The van der Waals surface area contributed by atoms with Crippen LogP contribution in [0.5, 0.6) is 5.88 Å². The number of carbonyl (C=O) groups excluding carboxylic acids is 1. The maximum atomic E-state index is 14.3. The number of hydrogen-bond donors (Lipinski definition) is 2. The molecule has 3 fully saturated rings. The summed E-state index contributed by atoms with van der Waals surface area (Å²) in [5.74, 6) is 8.20. The number of nitrogens with zero attached hydrogens (tertiary/aromatic N) is 1. The van der Waals surface area contributed by atoms with Crippen molar-refractivity contribution in [3.63, 3.8) is 0 Å². The molecule has 6 heteroatoms. The molecule has 1 aromatic carbocycles. The summed E-state index contributed by atoms with van der Waals surface area (Å²) in [6.45, 7) is 3.44. The van der Waals surface area contributed by atoms with Crippen molar-refractivity contribution in [2.24, 2.45) is 17.8 Å². The monoisotopic (exact) mass is 531 g/mol. The SMILES string of the molecule is C[C@H]1CC1COc1cc(C(=O)N[C@H](CCNC2(C#CCC3CC3)CCCCC2)Cc2ccccc2)cc(F)n1. The Morgan fingerprint density at radius 3 is 2.67 bits per heavy atom. The van der Waals surface area contributed by atoms with E-state index >= 15 is 0 Å². The predicted octanol–water partition coefficient (Wildman–Crippen LogP) is 6.08. The highest BCUT2D eigenvalue weighted by atomic mass is 19.1. The van der Waals surface area contributed by atoms with Gasteiger partial charge in [-0.2, -0.15) is 9.37 Å². The average Bonchev–Trinajstić information content (AvgIpc) is 3.87. The molecular formula is C33H42FN3O2. The van der Waals surface area contributed by atoms with Crippen LogP contribution in [-0.2, 0) is 6.42 Å². The Bertz CT molecular complexity index is 1160.